The molecule has 0 unspecified atom stereocenters. The van der Waals surface area contributed by atoms with Crippen molar-refractivity contribution < 1.29 is 9.32 Å². The molecule has 6 heteroatoms. The van der Waals surface area contributed by atoms with E-state index in [1.807, 2.05) is 50.2 Å². The van der Waals surface area contributed by atoms with Crippen molar-refractivity contribution in [3.63, 3.8) is 0 Å². The first-order chi connectivity index (χ1) is 12.1. The van der Waals surface area contributed by atoms with E-state index in [9.17, 15) is 4.79 Å². The number of benzene rings is 1. The number of carbonyl (C=O) groups is 1. The van der Waals surface area contributed by atoms with Gasteiger partial charge in [-0.3, -0.25) is 14.6 Å². The molecule has 6 nitrogen and oxygen atoms in total. The maximum atomic E-state index is 11.8. The highest BCUT2D eigenvalue weighted by Gasteiger charge is 2.20. The lowest BCUT2D eigenvalue weighted by Crippen LogP contribution is -2.49. The fraction of sp³-hybridized carbons (Fsp3) is 0.474. The van der Waals surface area contributed by atoms with Gasteiger partial charge in [-0.15, -0.1) is 0 Å². The van der Waals surface area contributed by atoms with Crippen molar-refractivity contribution in [2.75, 3.05) is 32.7 Å². The number of aromatic nitrogens is 1. The topological polar surface area (TPSA) is 61.6 Å². The van der Waals surface area contributed by atoms with Crippen LogP contribution >= 0.6 is 0 Å². The Morgan fingerprint density at radius 3 is 2.52 bits per heavy atom. The van der Waals surface area contributed by atoms with Crippen LogP contribution in [-0.4, -0.2) is 59.6 Å². The van der Waals surface area contributed by atoms with Crippen LogP contribution < -0.4 is 5.32 Å². The van der Waals surface area contributed by atoms with E-state index in [1.54, 1.807) is 0 Å². The number of amides is 1. The third-order valence-electron chi connectivity index (χ3n) is 4.29. The molecule has 0 radical (unpaired) electrons. The van der Waals surface area contributed by atoms with Gasteiger partial charge >= 0.3 is 0 Å². The lowest BCUT2D eigenvalue weighted by Gasteiger charge is -2.33. The van der Waals surface area contributed by atoms with E-state index in [1.165, 1.54) is 0 Å². The van der Waals surface area contributed by atoms with Gasteiger partial charge in [0.05, 0.1) is 13.1 Å². The van der Waals surface area contributed by atoms with E-state index in [0.29, 0.717) is 6.54 Å². The maximum Gasteiger partial charge on any atom is 0.234 e. The van der Waals surface area contributed by atoms with Crippen LogP contribution in [0.15, 0.2) is 40.9 Å². The molecule has 0 saturated carbocycles. The molecule has 1 saturated heterocycles. The van der Waals surface area contributed by atoms with E-state index in [4.69, 9.17) is 4.52 Å². The molecule has 3 rings (SSSR count). The second kappa shape index (κ2) is 8.27. The maximum absolute atomic E-state index is 11.8. The Kier molecular flexibility index (Phi) is 5.83. The van der Waals surface area contributed by atoms with Gasteiger partial charge in [-0.25, -0.2) is 0 Å². The lowest BCUT2D eigenvalue weighted by atomic mass is 10.1. The summed E-state index contributed by atoms with van der Waals surface area (Å²) in [6, 6.07) is 12.3. The second-order valence-electron chi connectivity index (χ2n) is 6.82. The quantitative estimate of drug-likeness (QED) is 0.870. The Labute approximate surface area is 148 Å². The molecule has 2 heterocycles. The van der Waals surface area contributed by atoms with Crippen LogP contribution in [0.25, 0.3) is 11.3 Å². The number of carbonyl (C=O) groups excluding carboxylic acids is 1. The van der Waals surface area contributed by atoms with Crippen molar-refractivity contribution in [3.05, 3.63) is 42.2 Å². The van der Waals surface area contributed by atoms with Gasteiger partial charge in [-0.2, -0.15) is 0 Å². The van der Waals surface area contributed by atoms with Crippen molar-refractivity contribution in [1.82, 2.24) is 20.3 Å². The summed E-state index contributed by atoms with van der Waals surface area (Å²) in [5.41, 5.74) is 1.94. The van der Waals surface area contributed by atoms with E-state index in [0.717, 1.165) is 49.7 Å². The van der Waals surface area contributed by atoms with Crippen LogP contribution in [0.1, 0.15) is 19.6 Å². The molecule has 2 aromatic rings. The standard InChI is InChI=1S/C19H26N4O2/c1-15(2)20-19(24)14-23-10-8-22(9-11-23)13-17-12-18(21-25-17)16-6-4-3-5-7-16/h3-7,12,15H,8-11,13-14H2,1-2H3,(H,20,24). The third-order valence-corrected chi connectivity index (χ3v) is 4.29. The van der Waals surface area contributed by atoms with Crippen LogP contribution in [0.2, 0.25) is 0 Å². The number of nitrogens with zero attached hydrogens (tertiary/aromatic N) is 3. The molecule has 134 valence electrons. The molecule has 1 aliphatic heterocycles. The highest BCUT2D eigenvalue weighted by atomic mass is 16.5. The number of piperazine rings is 1. The number of nitrogens with one attached hydrogen (secondary N) is 1. The van der Waals surface area contributed by atoms with E-state index in [-0.39, 0.29) is 11.9 Å². The Hall–Kier alpha value is -2.18. The molecule has 0 bridgehead atoms. The van der Waals surface area contributed by atoms with Gasteiger partial charge < -0.3 is 9.84 Å². The van der Waals surface area contributed by atoms with Gasteiger partial charge in [0.1, 0.15) is 5.69 Å². The second-order valence-corrected chi connectivity index (χ2v) is 6.82. The van der Waals surface area contributed by atoms with Gasteiger partial charge in [-0.05, 0) is 13.8 Å². The molecule has 25 heavy (non-hydrogen) atoms. The van der Waals surface area contributed by atoms with Crippen LogP contribution in [-0.2, 0) is 11.3 Å². The van der Waals surface area contributed by atoms with Gasteiger partial charge in [0.15, 0.2) is 5.76 Å². The molecular formula is C19H26N4O2. The fourth-order valence-corrected chi connectivity index (χ4v) is 3.03. The largest absolute Gasteiger partial charge is 0.359 e. The summed E-state index contributed by atoms with van der Waals surface area (Å²) < 4.78 is 5.49. The van der Waals surface area contributed by atoms with Crippen molar-refractivity contribution in [2.24, 2.45) is 0 Å². The van der Waals surface area contributed by atoms with Crippen LogP contribution in [0.4, 0.5) is 0 Å². The summed E-state index contributed by atoms with van der Waals surface area (Å²) in [7, 11) is 0. The highest BCUT2D eigenvalue weighted by molar-refractivity contribution is 5.78. The summed E-state index contributed by atoms with van der Waals surface area (Å²) in [6.07, 6.45) is 0. The third kappa shape index (κ3) is 5.14. The van der Waals surface area contributed by atoms with E-state index < -0.39 is 0 Å². The number of hydrogen-bond acceptors (Lipinski definition) is 5. The minimum atomic E-state index is 0.103. The first-order valence-electron chi connectivity index (χ1n) is 8.85. The Morgan fingerprint density at radius 1 is 1.16 bits per heavy atom. The van der Waals surface area contributed by atoms with E-state index in [2.05, 4.69) is 20.3 Å². The molecule has 0 atom stereocenters. The lowest BCUT2D eigenvalue weighted by molar-refractivity contribution is -0.123. The Balaban J connectivity index is 1.46. The van der Waals surface area contributed by atoms with Crippen molar-refractivity contribution in [1.29, 1.82) is 0 Å². The smallest absolute Gasteiger partial charge is 0.234 e. The normalized spacial score (nSPS) is 16.3. The average molecular weight is 342 g/mol. The first kappa shape index (κ1) is 17.6. The van der Waals surface area contributed by atoms with Gasteiger partial charge in [-0.1, -0.05) is 35.5 Å². The summed E-state index contributed by atoms with van der Waals surface area (Å²) >= 11 is 0. The summed E-state index contributed by atoms with van der Waals surface area (Å²) in [5, 5.41) is 7.11. The fourth-order valence-electron chi connectivity index (χ4n) is 3.03. The molecule has 1 N–H and O–H groups in total. The number of hydrogen-bond donors (Lipinski definition) is 1. The highest BCUT2D eigenvalue weighted by Crippen LogP contribution is 2.19. The van der Waals surface area contributed by atoms with Gasteiger partial charge in [0.2, 0.25) is 5.91 Å². The predicted molar refractivity (Wildman–Crippen MR) is 96.9 cm³/mol. The Bertz CT molecular complexity index is 676. The molecule has 0 aliphatic carbocycles. The van der Waals surface area contributed by atoms with Crippen LogP contribution in [0.3, 0.4) is 0 Å². The van der Waals surface area contributed by atoms with Crippen molar-refractivity contribution >= 4 is 5.91 Å². The SMILES string of the molecule is CC(C)NC(=O)CN1CCN(Cc2cc(-c3ccccc3)no2)CC1. The zero-order valence-electron chi connectivity index (χ0n) is 14.9. The predicted octanol–water partition coefficient (Wildman–Crippen LogP) is 1.98. The van der Waals surface area contributed by atoms with Crippen LogP contribution in [0.5, 0.6) is 0 Å². The first-order valence-corrected chi connectivity index (χ1v) is 8.85. The minimum absolute atomic E-state index is 0.103. The average Bonchev–Trinajstić information content (AvgIpc) is 3.05. The zero-order chi connectivity index (χ0) is 17.6. The zero-order valence-corrected chi connectivity index (χ0v) is 14.9. The Morgan fingerprint density at radius 2 is 1.84 bits per heavy atom. The summed E-state index contributed by atoms with van der Waals surface area (Å²) in [6.45, 7) is 8.84. The molecule has 1 aromatic carbocycles. The molecule has 1 fully saturated rings. The molecular weight excluding hydrogens is 316 g/mol. The molecule has 1 aromatic heterocycles. The minimum Gasteiger partial charge on any atom is -0.359 e. The summed E-state index contributed by atoms with van der Waals surface area (Å²) in [5.74, 6) is 0.982. The van der Waals surface area contributed by atoms with Gasteiger partial charge in [0.25, 0.3) is 0 Å². The molecule has 1 aliphatic rings. The molecule has 0 spiro atoms. The van der Waals surface area contributed by atoms with E-state index >= 15 is 0 Å². The van der Waals surface area contributed by atoms with Gasteiger partial charge in [0, 0.05) is 43.9 Å². The van der Waals surface area contributed by atoms with Crippen molar-refractivity contribution in [3.8, 4) is 11.3 Å². The monoisotopic (exact) mass is 342 g/mol. The van der Waals surface area contributed by atoms with Crippen LogP contribution in [0, 0.1) is 0 Å². The molecule has 1 amide bonds. The number of rotatable bonds is 6. The summed E-state index contributed by atoms with van der Waals surface area (Å²) in [4.78, 5) is 16.4. The van der Waals surface area contributed by atoms with Crippen molar-refractivity contribution in [2.45, 2.75) is 26.4 Å².